The second-order valence-corrected chi connectivity index (χ2v) is 7.89. The normalized spacial score (nSPS) is 14.0. The predicted octanol–water partition coefficient (Wildman–Crippen LogP) is 4.29. The summed E-state index contributed by atoms with van der Waals surface area (Å²) in [4.78, 5) is 29.5. The average molecular weight is 448 g/mol. The molecule has 0 aliphatic carbocycles. The number of amides is 2. The second kappa shape index (κ2) is 9.51. The first-order valence-corrected chi connectivity index (χ1v) is 10.2. The van der Waals surface area contributed by atoms with Gasteiger partial charge in [0.05, 0.1) is 10.6 Å². The Morgan fingerprint density at radius 2 is 1.73 bits per heavy atom. The number of halogens is 2. The van der Waals surface area contributed by atoms with Crippen LogP contribution in [0, 0.1) is 0 Å². The minimum Gasteiger partial charge on any atom is -0.385 e. The summed E-state index contributed by atoms with van der Waals surface area (Å²) in [5.74, 6) is -0.790. The molecule has 0 aromatic heterocycles. The standard InChI is InChI=1S/C22H23Cl2N3O3/c1-26(2)16-8-6-15(7-9-16)25-20-19(17-10-5-14(23)13-18(17)24)21(28)27(22(20)29)11-4-12-30-3/h5-10,13,25H,4,11-12H2,1-3H3. The first-order chi connectivity index (χ1) is 14.3. The van der Waals surface area contributed by atoms with Gasteiger partial charge in [-0.15, -0.1) is 0 Å². The van der Waals surface area contributed by atoms with E-state index in [1.54, 1.807) is 25.3 Å². The number of imide groups is 1. The van der Waals surface area contributed by atoms with E-state index in [1.165, 1.54) is 4.90 Å². The zero-order chi connectivity index (χ0) is 21.8. The summed E-state index contributed by atoms with van der Waals surface area (Å²) in [6, 6.07) is 12.4. The van der Waals surface area contributed by atoms with E-state index in [4.69, 9.17) is 27.9 Å². The molecular weight excluding hydrogens is 425 g/mol. The third-order valence-corrected chi connectivity index (χ3v) is 5.30. The number of nitrogens with zero attached hydrogens (tertiary/aromatic N) is 2. The molecule has 0 saturated heterocycles. The van der Waals surface area contributed by atoms with E-state index in [-0.39, 0.29) is 17.8 Å². The van der Waals surface area contributed by atoms with Crippen LogP contribution >= 0.6 is 23.2 Å². The van der Waals surface area contributed by atoms with Gasteiger partial charge in [0.25, 0.3) is 11.8 Å². The lowest BCUT2D eigenvalue weighted by Gasteiger charge is -2.15. The van der Waals surface area contributed by atoms with Gasteiger partial charge in [0, 0.05) is 56.3 Å². The molecular formula is C22H23Cl2N3O3. The van der Waals surface area contributed by atoms with E-state index in [1.807, 2.05) is 43.3 Å². The van der Waals surface area contributed by atoms with Crippen molar-refractivity contribution in [2.75, 3.05) is 44.6 Å². The molecule has 0 radical (unpaired) electrons. The molecule has 3 rings (SSSR count). The van der Waals surface area contributed by atoms with Crippen molar-refractivity contribution in [3.8, 4) is 0 Å². The molecule has 1 aliphatic heterocycles. The average Bonchev–Trinajstić information content (AvgIpc) is 2.93. The third kappa shape index (κ3) is 4.61. The van der Waals surface area contributed by atoms with Crippen LogP contribution in [-0.2, 0) is 14.3 Å². The first kappa shape index (κ1) is 22.2. The largest absolute Gasteiger partial charge is 0.385 e. The topological polar surface area (TPSA) is 61.9 Å². The van der Waals surface area contributed by atoms with Gasteiger partial charge in [0.15, 0.2) is 0 Å². The lowest BCUT2D eigenvalue weighted by Crippen LogP contribution is -2.33. The van der Waals surface area contributed by atoms with Crippen molar-refractivity contribution in [2.45, 2.75) is 6.42 Å². The van der Waals surface area contributed by atoms with E-state index < -0.39 is 11.8 Å². The van der Waals surface area contributed by atoms with Gasteiger partial charge in [-0.3, -0.25) is 14.5 Å². The Kier molecular flexibility index (Phi) is 7.02. The monoisotopic (exact) mass is 447 g/mol. The predicted molar refractivity (Wildman–Crippen MR) is 121 cm³/mol. The van der Waals surface area contributed by atoms with Crippen LogP contribution in [0.5, 0.6) is 0 Å². The van der Waals surface area contributed by atoms with E-state index in [9.17, 15) is 9.59 Å². The van der Waals surface area contributed by atoms with Crippen LogP contribution in [-0.4, -0.2) is 51.1 Å². The number of nitrogens with one attached hydrogen (secondary N) is 1. The van der Waals surface area contributed by atoms with E-state index >= 15 is 0 Å². The molecule has 0 atom stereocenters. The number of hydrogen-bond acceptors (Lipinski definition) is 5. The number of rotatable bonds is 8. The summed E-state index contributed by atoms with van der Waals surface area (Å²) >= 11 is 12.4. The highest BCUT2D eigenvalue weighted by Gasteiger charge is 2.39. The maximum Gasteiger partial charge on any atom is 0.278 e. The van der Waals surface area contributed by atoms with Crippen molar-refractivity contribution < 1.29 is 14.3 Å². The van der Waals surface area contributed by atoms with Crippen molar-refractivity contribution >= 4 is 52.0 Å². The highest BCUT2D eigenvalue weighted by molar-refractivity contribution is 6.41. The van der Waals surface area contributed by atoms with Crippen LogP contribution in [0.3, 0.4) is 0 Å². The maximum atomic E-state index is 13.2. The molecule has 1 heterocycles. The summed E-state index contributed by atoms with van der Waals surface area (Å²) in [5, 5.41) is 3.88. The van der Waals surface area contributed by atoms with Gasteiger partial charge in [0.1, 0.15) is 5.70 Å². The Hall–Kier alpha value is -2.54. The van der Waals surface area contributed by atoms with Crippen LogP contribution in [0.2, 0.25) is 10.0 Å². The van der Waals surface area contributed by atoms with Crippen molar-refractivity contribution in [2.24, 2.45) is 0 Å². The zero-order valence-corrected chi connectivity index (χ0v) is 18.5. The van der Waals surface area contributed by atoms with Crippen molar-refractivity contribution in [1.29, 1.82) is 0 Å². The number of benzene rings is 2. The van der Waals surface area contributed by atoms with Gasteiger partial charge < -0.3 is 15.0 Å². The molecule has 1 aliphatic rings. The van der Waals surface area contributed by atoms with E-state index in [0.29, 0.717) is 34.3 Å². The molecule has 0 fully saturated rings. The van der Waals surface area contributed by atoms with Gasteiger partial charge in [-0.1, -0.05) is 29.3 Å². The Bertz CT molecular complexity index is 988. The van der Waals surface area contributed by atoms with Crippen molar-refractivity contribution in [1.82, 2.24) is 4.90 Å². The summed E-state index contributed by atoms with van der Waals surface area (Å²) in [5.41, 5.74) is 2.60. The molecule has 0 bridgehead atoms. The summed E-state index contributed by atoms with van der Waals surface area (Å²) < 4.78 is 5.05. The minimum absolute atomic E-state index is 0.194. The van der Waals surface area contributed by atoms with E-state index in [2.05, 4.69) is 5.32 Å². The van der Waals surface area contributed by atoms with Gasteiger partial charge in [-0.2, -0.15) is 0 Å². The molecule has 6 nitrogen and oxygen atoms in total. The summed E-state index contributed by atoms with van der Waals surface area (Å²) in [6.45, 7) is 0.702. The SMILES string of the molecule is COCCCN1C(=O)C(Nc2ccc(N(C)C)cc2)=C(c2ccc(Cl)cc2Cl)C1=O. The van der Waals surface area contributed by atoms with Crippen LogP contribution in [0.25, 0.3) is 5.57 Å². The lowest BCUT2D eigenvalue weighted by molar-refractivity contribution is -0.136. The van der Waals surface area contributed by atoms with Gasteiger partial charge in [-0.25, -0.2) is 0 Å². The first-order valence-electron chi connectivity index (χ1n) is 9.42. The smallest absolute Gasteiger partial charge is 0.278 e. The highest BCUT2D eigenvalue weighted by Crippen LogP contribution is 2.35. The summed E-state index contributed by atoms with van der Waals surface area (Å²) in [6.07, 6.45) is 0.542. The molecule has 158 valence electrons. The number of methoxy groups -OCH3 is 1. The Labute approximate surface area is 186 Å². The lowest BCUT2D eigenvalue weighted by atomic mass is 10.0. The molecule has 0 saturated carbocycles. The molecule has 1 N–H and O–H groups in total. The van der Waals surface area contributed by atoms with Crippen molar-refractivity contribution in [3.63, 3.8) is 0 Å². The number of carbonyl (C=O) groups excluding carboxylic acids is 2. The minimum atomic E-state index is -0.396. The fourth-order valence-electron chi connectivity index (χ4n) is 3.19. The molecule has 2 aromatic carbocycles. The Balaban J connectivity index is 2.00. The molecule has 0 spiro atoms. The number of carbonyl (C=O) groups is 2. The molecule has 0 unspecified atom stereocenters. The second-order valence-electron chi connectivity index (χ2n) is 7.05. The number of hydrogen-bond donors (Lipinski definition) is 1. The van der Waals surface area contributed by atoms with Crippen LogP contribution < -0.4 is 10.2 Å². The van der Waals surface area contributed by atoms with Gasteiger partial charge in [0.2, 0.25) is 0 Å². The molecule has 30 heavy (non-hydrogen) atoms. The quantitative estimate of drug-likeness (QED) is 0.483. The van der Waals surface area contributed by atoms with Crippen LogP contribution in [0.4, 0.5) is 11.4 Å². The molecule has 2 amide bonds. The van der Waals surface area contributed by atoms with Crippen LogP contribution in [0.15, 0.2) is 48.2 Å². The van der Waals surface area contributed by atoms with Gasteiger partial charge in [-0.05, 0) is 42.8 Å². The number of ether oxygens (including phenoxy) is 1. The van der Waals surface area contributed by atoms with Crippen LogP contribution in [0.1, 0.15) is 12.0 Å². The van der Waals surface area contributed by atoms with E-state index in [0.717, 1.165) is 5.69 Å². The molecule has 2 aromatic rings. The fourth-order valence-corrected chi connectivity index (χ4v) is 3.69. The fraction of sp³-hybridized carbons (Fsp3) is 0.273. The maximum absolute atomic E-state index is 13.2. The highest BCUT2D eigenvalue weighted by atomic mass is 35.5. The zero-order valence-electron chi connectivity index (χ0n) is 17.0. The summed E-state index contributed by atoms with van der Waals surface area (Å²) in [7, 11) is 5.47. The Morgan fingerprint density at radius 1 is 1.03 bits per heavy atom. The van der Waals surface area contributed by atoms with Gasteiger partial charge >= 0.3 is 0 Å². The number of anilines is 2. The Morgan fingerprint density at radius 3 is 2.33 bits per heavy atom. The molecule has 8 heteroatoms. The third-order valence-electron chi connectivity index (χ3n) is 4.75. The van der Waals surface area contributed by atoms with Crippen molar-refractivity contribution in [3.05, 3.63) is 63.8 Å².